The fraction of sp³-hybridized carbons (Fsp3) is 0.465. The van der Waals surface area contributed by atoms with E-state index in [2.05, 4.69) is 30.7 Å². The number of aliphatic hydroxyl groups is 1. The summed E-state index contributed by atoms with van der Waals surface area (Å²) in [5, 5.41) is 27.9. The van der Waals surface area contributed by atoms with Crippen molar-refractivity contribution in [1.82, 2.24) is 30.7 Å². The second-order valence-electron chi connectivity index (χ2n) is 15.9. The zero-order chi connectivity index (χ0) is 43.8. The maximum absolute atomic E-state index is 13.6. The molecule has 4 amide bonds. The van der Waals surface area contributed by atoms with Crippen LogP contribution in [0.3, 0.4) is 0 Å². The van der Waals surface area contributed by atoms with Crippen molar-refractivity contribution in [1.29, 1.82) is 5.41 Å². The number of likely N-dealkylation sites (tertiary alicyclic amines) is 1. The number of carbonyl (C=O) groups is 5. The third kappa shape index (κ3) is 11.3. The van der Waals surface area contributed by atoms with Gasteiger partial charge in [-0.1, -0.05) is 12.1 Å². The smallest absolute Gasteiger partial charge is 0.388 e. The van der Waals surface area contributed by atoms with Gasteiger partial charge in [-0.2, -0.15) is 13.2 Å². The second-order valence-corrected chi connectivity index (χ2v) is 15.9. The van der Waals surface area contributed by atoms with E-state index in [0.29, 0.717) is 35.3 Å². The number of halogens is 3. The molecule has 2 saturated heterocycles. The van der Waals surface area contributed by atoms with E-state index in [1.54, 1.807) is 19.2 Å². The molecule has 0 radical (unpaired) electrons. The predicted octanol–water partition coefficient (Wildman–Crippen LogP) is 4.30. The van der Waals surface area contributed by atoms with Crippen LogP contribution in [0.25, 0.3) is 0 Å². The highest BCUT2D eigenvalue weighted by atomic mass is 19.4. The molecule has 0 saturated carbocycles. The first-order chi connectivity index (χ1) is 28.4. The summed E-state index contributed by atoms with van der Waals surface area (Å²) in [4.78, 5) is 71.2. The Morgan fingerprint density at radius 1 is 1.03 bits per heavy atom. The van der Waals surface area contributed by atoms with Crippen LogP contribution in [0.15, 0.2) is 71.6 Å². The Kier molecular flexibility index (Phi) is 14.8. The summed E-state index contributed by atoms with van der Waals surface area (Å²) < 4.78 is 39.7. The van der Waals surface area contributed by atoms with E-state index in [-0.39, 0.29) is 35.9 Å². The number of rotatable bonds is 15. The zero-order valence-corrected chi connectivity index (χ0v) is 34.3. The summed E-state index contributed by atoms with van der Waals surface area (Å²) in [6, 6.07) is 7.62. The van der Waals surface area contributed by atoms with Crippen LogP contribution in [-0.2, 0) is 20.6 Å². The number of hydrogen-bond acceptors (Lipinski definition) is 11. The van der Waals surface area contributed by atoms with Gasteiger partial charge in [0, 0.05) is 86.5 Å². The third-order valence-electron chi connectivity index (χ3n) is 11.2. The van der Waals surface area contributed by atoms with Crippen LogP contribution >= 0.6 is 0 Å². The molecule has 2 fully saturated rings. The Morgan fingerprint density at radius 2 is 1.73 bits per heavy atom. The summed E-state index contributed by atoms with van der Waals surface area (Å²) in [6.07, 6.45) is 4.56. The lowest BCUT2D eigenvalue weighted by atomic mass is 9.87. The van der Waals surface area contributed by atoms with Crippen molar-refractivity contribution >= 4 is 41.8 Å². The lowest BCUT2D eigenvalue weighted by Gasteiger charge is -2.38. The van der Waals surface area contributed by atoms with Crippen molar-refractivity contribution in [2.75, 3.05) is 44.7 Å². The lowest BCUT2D eigenvalue weighted by Crippen LogP contribution is -2.48. The number of nitrogens with zero attached hydrogens (tertiary/aromatic N) is 4. The molecule has 5 rings (SSSR count). The average Bonchev–Trinajstić information content (AvgIpc) is 3.22. The number of aldehydes is 1. The first-order valence-electron chi connectivity index (χ1n) is 20.0. The molecular formula is C43H53F3N8O6. The highest BCUT2D eigenvalue weighted by Gasteiger charge is 2.35. The van der Waals surface area contributed by atoms with Gasteiger partial charge in [0.1, 0.15) is 23.7 Å². The number of alkyl halides is 3. The average molecular weight is 835 g/mol. The van der Waals surface area contributed by atoms with Gasteiger partial charge in [0.25, 0.3) is 11.8 Å². The van der Waals surface area contributed by atoms with Crippen LogP contribution in [0.2, 0.25) is 0 Å². The summed E-state index contributed by atoms with van der Waals surface area (Å²) in [7, 11) is 1.41. The molecule has 14 nitrogen and oxygen atoms in total. The minimum atomic E-state index is -4.73. The van der Waals surface area contributed by atoms with E-state index in [1.807, 2.05) is 12.1 Å². The number of anilines is 1. The maximum Gasteiger partial charge on any atom is 0.433 e. The molecule has 1 aromatic heterocycles. The molecule has 1 aromatic carbocycles. The standard InChI is InChI=1S/C43H53F3N8O6/c1-27-10-11-31(22-32(27)41(59)54(26-56)37(8-6-20-55)40(58)48-4)53-18-12-28(13-19-53)25-52-16-14-30(15-17-52)49-24-29-21-36(33(23-34(29)47)42(2,3)60)51-39(57)35-7-5-9-38(50-35)43(44,45)46/h5,7,9-11,20-24,26,28,30,37,47,49,60H,6,8,12-19,25H2,1-4H3,(H,48,58)(H,51,57)/b29-24-,47-34?. The fourth-order valence-electron chi connectivity index (χ4n) is 7.71. The molecule has 1 unspecified atom stereocenters. The minimum Gasteiger partial charge on any atom is -0.388 e. The fourth-order valence-corrected chi connectivity index (χ4v) is 7.71. The summed E-state index contributed by atoms with van der Waals surface area (Å²) >= 11 is 0. The predicted molar refractivity (Wildman–Crippen MR) is 219 cm³/mol. The zero-order valence-electron chi connectivity index (χ0n) is 34.3. The van der Waals surface area contributed by atoms with Gasteiger partial charge in [0.05, 0.1) is 11.3 Å². The number of aromatic nitrogens is 1. The van der Waals surface area contributed by atoms with Crippen LogP contribution in [0.5, 0.6) is 0 Å². The molecule has 2 aliphatic heterocycles. The number of likely N-dealkylation sites (N-methyl/N-ethyl adjacent to an activating group) is 1. The molecular weight excluding hydrogens is 782 g/mol. The van der Waals surface area contributed by atoms with Crippen molar-refractivity contribution in [3.63, 3.8) is 0 Å². The van der Waals surface area contributed by atoms with Crippen LogP contribution in [0, 0.1) is 18.3 Å². The van der Waals surface area contributed by atoms with Crippen LogP contribution < -0.4 is 20.9 Å². The number of aryl methyl sites for hydroxylation is 1. The molecule has 3 heterocycles. The first kappa shape index (κ1) is 45.4. The Labute approximate surface area is 347 Å². The number of piperidine rings is 2. The molecule has 3 aliphatic rings. The quantitative estimate of drug-likeness (QED) is 0.162. The van der Waals surface area contributed by atoms with Gasteiger partial charge in [-0.15, -0.1) is 0 Å². The number of imide groups is 1. The number of benzene rings is 1. The van der Waals surface area contributed by atoms with Gasteiger partial charge in [-0.3, -0.25) is 24.1 Å². The summed E-state index contributed by atoms with van der Waals surface area (Å²) in [5.41, 5.74) is -0.379. The molecule has 0 bridgehead atoms. The number of amides is 4. The highest BCUT2D eigenvalue weighted by molar-refractivity contribution is 6.11. The van der Waals surface area contributed by atoms with Gasteiger partial charge in [0.2, 0.25) is 12.3 Å². The monoisotopic (exact) mass is 834 g/mol. The van der Waals surface area contributed by atoms with E-state index >= 15 is 0 Å². The van der Waals surface area contributed by atoms with Gasteiger partial charge < -0.3 is 41.1 Å². The Balaban J connectivity index is 1.14. The molecule has 1 atom stereocenters. The van der Waals surface area contributed by atoms with E-state index in [0.717, 1.165) is 81.1 Å². The normalized spacial score (nSPS) is 18.3. The van der Waals surface area contributed by atoms with Crippen molar-refractivity contribution in [3.8, 4) is 0 Å². The first-order valence-corrected chi connectivity index (χ1v) is 20.0. The number of hydrogen-bond donors (Lipinski definition) is 5. The second kappa shape index (κ2) is 19.6. The minimum absolute atomic E-state index is 0.0227. The molecule has 0 spiro atoms. The Morgan fingerprint density at radius 3 is 2.35 bits per heavy atom. The van der Waals surface area contributed by atoms with Crippen molar-refractivity contribution in [2.45, 2.75) is 83.2 Å². The van der Waals surface area contributed by atoms with E-state index in [9.17, 15) is 42.3 Å². The molecule has 17 heteroatoms. The summed E-state index contributed by atoms with van der Waals surface area (Å²) in [6.45, 7) is 8.99. The molecule has 322 valence electrons. The molecule has 60 heavy (non-hydrogen) atoms. The Hall–Kier alpha value is -5.68. The van der Waals surface area contributed by atoms with E-state index in [4.69, 9.17) is 5.41 Å². The lowest BCUT2D eigenvalue weighted by molar-refractivity contribution is -0.141. The van der Waals surface area contributed by atoms with Crippen LogP contribution in [-0.4, -0.2) is 113 Å². The van der Waals surface area contributed by atoms with Gasteiger partial charge in [-0.25, -0.2) is 4.98 Å². The molecule has 2 aromatic rings. The van der Waals surface area contributed by atoms with Crippen molar-refractivity contribution in [3.05, 3.63) is 94.1 Å². The number of allylic oxidation sites excluding steroid dienone is 3. The number of carbonyl (C=O) groups excluding carboxylic acids is 5. The SMILES string of the molecule is CNC(=O)C(CCC=O)N(C=O)C(=O)c1cc(N2CCC(CN3CCC(N/C=C4/C=C(NC(=O)c5cccc(C(F)(F)F)n5)C(C(C)(C)O)=CC4=N)CC3)CC2)ccc1C. The van der Waals surface area contributed by atoms with E-state index < -0.39 is 46.9 Å². The van der Waals surface area contributed by atoms with Crippen LogP contribution in [0.4, 0.5) is 18.9 Å². The number of pyridine rings is 1. The van der Waals surface area contributed by atoms with E-state index in [1.165, 1.54) is 39.1 Å². The largest absolute Gasteiger partial charge is 0.433 e. The third-order valence-corrected chi connectivity index (χ3v) is 11.2. The molecule has 5 N–H and O–H groups in total. The van der Waals surface area contributed by atoms with Crippen molar-refractivity contribution in [2.24, 2.45) is 5.92 Å². The topological polar surface area (TPSA) is 188 Å². The van der Waals surface area contributed by atoms with Gasteiger partial charge >= 0.3 is 6.18 Å². The Bertz CT molecular complexity index is 2040. The maximum atomic E-state index is 13.6. The number of nitrogens with one attached hydrogen (secondary N) is 4. The van der Waals surface area contributed by atoms with Gasteiger partial charge in [-0.05, 0) is 101 Å². The summed E-state index contributed by atoms with van der Waals surface area (Å²) in [5.74, 6) is -1.53. The molecule has 1 aliphatic carbocycles. The van der Waals surface area contributed by atoms with Gasteiger partial charge in [0.15, 0.2) is 0 Å². The van der Waals surface area contributed by atoms with Crippen molar-refractivity contribution < 1.29 is 42.3 Å². The van der Waals surface area contributed by atoms with Crippen LogP contribution in [0.1, 0.15) is 84.5 Å². The highest BCUT2D eigenvalue weighted by Crippen LogP contribution is 2.31.